The normalized spacial score (nSPS) is 21.5. The van der Waals surface area contributed by atoms with Crippen LogP contribution in [0.1, 0.15) is 30.2 Å². The third kappa shape index (κ3) is 3.97. The van der Waals surface area contributed by atoms with Gasteiger partial charge >= 0.3 is 6.03 Å². The molecule has 1 N–H and O–H groups in total. The van der Waals surface area contributed by atoms with E-state index in [0.29, 0.717) is 35.7 Å². The summed E-state index contributed by atoms with van der Waals surface area (Å²) in [7, 11) is -2.74. The van der Waals surface area contributed by atoms with E-state index in [9.17, 15) is 14.3 Å². The molecule has 2 unspecified atom stereocenters. The number of rotatable bonds is 4. The van der Waals surface area contributed by atoms with Gasteiger partial charge in [-0.15, -0.1) is 0 Å². The molecule has 2 aromatic heterocycles. The summed E-state index contributed by atoms with van der Waals surface area (Å²) in [5, 5.41) is 12.1. The van der Waals surface area contributed by atoms with Gasteiger partial charge in [-0.1, -0.05) is 12.2 Å². The molecule has 2 aliphatic rings. The van der Waals surface area contributed by atoms with Gasteiger partial charge in [-0.05, 0) is 48.2 Å². The van der Waals surface area contributed by atoms with Gasteiger partial charge < -0.3 is 10.2 Å². The maximum Gasteiger partial charge on any atom is 0.318 e. The molecule has 0 fully saturated rings. The molecule has 2 atom stereocenters. The van der Waals surface area contributed by atoms with Gasteiger partial charge in [0.2, 0.25) is 0 Å². The number of nitriles is 1. The molecule has 8 heteroatoms. The standard InChI is InChI=1S/C23H23N5O2S/c1-23(8-3-4-17(10-23)11-24)31(2,30)21-6-5-20(26-14-21)13-27-22(29)28-15-18-7-9-25-12-19(18)16-28/h3-9,12,14H,2,10,13,15-16H2,1H3,(H,27,29). The average Bonchev–Trinajstić information content (AvgIpc) is 3.22. The Bertz CT molecular complexity index is 1200. The number of carbonyl (C=O) groups is 1. The number of carbonyl (C=O) groups excluding carboxylic acids is 1. The SMILES string of the molecule is C=S(=O)(c1ccc(CNC(=O)N2Cc3ccncc3C2)nc1)C1(C)C=CC=C(C#N)C1. The first-order chi connectivity index (χ1) is 14.8. The van der Waals surface area contributed by atoms with Gasteiger partial charge in [0, 0.05) is 58.1 Å². The van der Waals surface area contributed by atoms with Crippen LogP contribution in [0, 0.1) is 11.3 Å². The molecule has 0 radical (unpaired) electrons. The van der Waals surface area contributed by atoms with E-state index < -0.39 is 14.3 Å². The number of pyridine rings is 2. The van der Waals surface area contributed by atoms with Gasteiger partial charge in [0.1, 0.15) is 0 Å². The van der Waals surface area contributed by atoms with Crippen molar-refractivity contribution >= 4 is 21.4 Å². The Morgan fingerprint density at radius 2 is 2.13 bits per heavy atom. The molecule has 2 amide bonds. The lowest BCUT2D eigenvalue weighted by Gasteiger charge is -2.32. The molecule has 7 nitrogen and oxygen atoms in total. The summed E-state index contributed by atoms with van der Waals surface area (Å²) >= 11 is 0. The first-order valence-electron chi connectivity index (χ1n) is 9.87. The lowest BCUT2D eigenvalue weighted by Crippen LogP contribution is -2.36. The van der Waals surface area contributed by atoms with Crippen molar-refractivity contribution in [2.45, 2.75) is 42.6 Å². The molecule has 3 heterocycles. The third-order valence-electron chi connectivity index (χ3n) is 5.80. The fourth-order valence-electron chi connectivity index (χ4n) is 3.79. The molecule has 0 bridgehead atoms. The highest BCUT2D eigenvalue weighted by Gasteiger charge is 2.35. The fraction of sp³-hybridized carbons (Fsp3) is 0.261. The molecule has 0 saturated heterocycles. The molecule has 0 saturated carbocycles. The highest BCUT2D eigenvalue weighted by atomic mass is 32.2. The second-order valence-corrected chi connectivity index (χ2v) is 10.7. The van der Waals surface area contributed by atoms with Gasteiger partial charge in [0.05, 0.1) is 23.1 Å². The fourth-order valence-corrected chi connectivity index (χ4v) is 5.52. The smallest absolute Gasteiger partial charge is 0.318 e. The summed E-state index contributed by atoms with van der Waals surface area (Å²) in [5.74, 6) is 4.00. The molecule has 0 aromatic carbocycles. The number of nitrogens with one attached hydrogen (secondary N) is 1. The van der Waals surface area contributed by atoms with Crippen molar-refractivity contribution in [1.82, 2.24) is 20.2 Å². The minimum atomic E-state index is -2.74. The van der Waals surface area contributed by atoms with E-state index in [4.69, 9.17) is 0 Å². The molecule has 0 spiro atoms. The summed E-state index contributed by atoms with van der Waals surface area (Å²) in [6.45, 7) is 3.21. The second-order valence-electron chi connectivity index (χ2n) is 7.97. The molecule has 4 rings (SSSR count). The number of urea groups is 1. The Morgan fingerprint density at radius 1 is 1.32 bits per heavy atom. The Kier molecular flexibility index (Phi) is 5.38. The average molecular weight is 434 g/mol. The van der Waals surface area contributed by atoms with Gasteiger partial charge in [0.15, 0.2) is 0 Å². The van der Waals surface area contributed by atoms with Crippen LogP contribution >= 0.6 is 0 Å². The van der Waals surface area contributed by atoms with Crippen molar-refractivity contribution in [2.75, 3.05) is 0 Å². The van der Waals surface area contributed by atoms with E-state index in [1.807, 2.05) is 19.1 Å². The van der Waals surface area contributed by atoms with Gasteiger partial charge in [-0.3, -0.25) is 14.2 Å². The number of nitrogens with zero attached hydrogens (tertiary/aromatic N) is 4. The van der Waals surface area contributed by atoms with Crippen LogP contribution in [0.3, 0.4) is 0 Å². The van der Waals surface area contributed by atoms with Crippen molar-refractivity contribution in [3.8, 4) is 6.07 Å². The van der Waals surface area contributed by atoms with Gasteiger partial charge in [-0.2, -0.15) is 5.26 Å². The number of aromatic nitrogens is 2. The van der Waals surface area contributed by atoms with Crippen LogP contribution in [0.5, 0.6) is 0 Å². The summed E-state index contributed by atoms with van der Waals surface area (Å²) in [6.07, 6.45) is 10.8. The molecular formula is C23H23N5O2S. The lowest BCUT2D eigenvalue weighted by atomic mass is 9.96. The molecule has 31 heavy (non-hydrogen) atoms. The van der Waals surface area contributed by atoms with E-state index in [2.05, 4.69) is 27.2 Å². The van der Waals surface area contributed by atoms with Crippen LogP contribution in [0.4, 0.5) is 4.79 Å². The zero-order valence-electron chi connectivity index (χ0n) is 17.2. The Morgan fingerprint density at radius 3 is 2.84 bits per heavy atom. The Labute approximate surface area is 182 Å². The first kappa shape index (κ1) is 20.8. The van der Waals surface area contributed by atoms with E-state index in [0.717, 1.165) is 11.1 Å². The van der Waals surface area contributed by atoms with E-state index in [-0.39, 0.29) is 12.6 Å². The van der Waals surface area contributed by atoms with Crippen molar-refractivity contribution in [1.29, 1.82) is 5.26 Å². The summed E-state index contributed by atoms with van der Waals surface area (Å²) < 4.78 is 12.8. The highest BCUT2D eigenvalue weighted by Crippen LogP contribution is 2.35. The van der Waals surface area contributed by atoms with Crippen molar-refractivity contribution in [3.05, 3.63) is 77.4 Å². The number of fused-ring (bicyclic) bond motifs is 1. The van der Waals surface area contributed by atoms with Crippen LogP contribution in [0.2, 0.25) is 0 Å². The second kappa shape index (κ2) is 8.00. The maximum atomic E-state index is 13.6. The molecule has 158 valence electrons. The van der Waals surface area contributed by atoms with E-state index in [1.165, 1.54) is 0 Å². The van der Waals surface area contributed by atoms with Crippen molar-refractivity contribution < 1.29 is 9.00 Å². The Balaban J connectivity index is 1.40. The third-order valence-corrected chi connectivity index (χ3v) is 8.59. The van der Waals surface area contributed by atoms with Gasteiger partial charge in [0.25, 0.3) is 0 Å². The molecule has 1 aliphatic heterocycles. The predicted molar refractivity (Wildman–Crippen MR) is 119 cm³/mol. The molecule has 1 aliphatic carbocycles. The van der Waals surface area contributed by atoms with Crippen molar-refractivity contribution in [3.63, 3.8) is 0 Å². The Hall–Kier alpha value is -3.44. The molecular weight excluding hydrogens is 410 g/mol. The largest absolute Gasteiger partial charge is 0.332 e. The molecule has 2 aromatic rings. The minimum Gasteiger partial charge on any atom is -0.332 e. The highest BCUT2D eigenvalue weighted by molar-refractivity contribution is 8.01. The predicted octanol–water partition coefficient (Wildman–Crippen LogP) is 2.95. The van der Waals surface area contributed by atoms with Crippen LogP contribution in [-0.2, 0) is 29.2 Å². The van der Waals surface area contributed by atoms with Crippen LogP contribution in [0.25, 0.3) is 0 Å². The zero-order chi connectivity index (χ0) is 22.1. The van der Waals surface area contributed by atoms with Gasteiger partial charge in [-0.25, -0.2) is 4.79 Å². The number of hydrogen-bond donors (Lipinski definition) is 1. The summed E-state index contributed by atoms with van der Waals surface area (Å²) in [6, 6.07) is 7.39. The first-order valence-corrected chi connectivity index (χ1v) is 11.6. The monoisotopic (exact) mass is 433 g/mol. The van der Waals surface area contributed by atoms with E-state index >= 15 is 0 Å². The van der Waals surface area contributed by atoms with Crippen LogP contribution in [0.15, 0.2) is 65.5 Å². The van der Waals surface area contributed by atoms with Crippen LogP contribution in [-0.4, -0.2) is 35.7 Å². The number of allylic oxidation sites excluding steroid dienone is 3. The minimum absolute atomic E-state index is 0.168. The van der Waals surface area contributed by atoms with E-state index in [1.54, 1.807) is 47.8 Å². The number of amides is 2. The topological polar surface area (TPSA) is 99.0 Å². The number of hydrogen-bond acceptors (Lipinski definition) is 5. The van der Waals surface area contributed by atoms with Crippen molar-refractivity contribution in [2.24, 2.45) is 0 Å². The summed E-state index contributed by atoms with van der Waals surface area (Å²) in [4.78, 5) is 23.2. The zero-order valence-corrected chi connectivity index (χ0v) is 18.1. The lowest BCUT2D eigenvalue weighted by molar-refractivity contribution is 0.198. The maximum absolute atomic E-state index is 13.6. The quantitative estimate of drug-likeness (QED) is 0.748. The van der Waals surface area contributed by atoms with Crippen LogP contribution < -0.4 is 5.32 Å². The summed E-state index contributed by atoms with van der Waals surface area (Å²) in [5.41, 5.74) is 3.41.